The van der Waals surface area contributed by atoms with Gasteiger partial charge >= 0.3 is 0 Å². The lowest BCUT2D eigenvalue weighted by molar-refractivity contribution is -0.120. The first-order chi connectivity index (χ1) is 13.0. The van der Waals surface area contributed by atoms with Crippen molar-refractivity contribution in [3.05, 3.63) is 86.6 Å². The number of hydrogen-bond donors (Lipinski definition) is 1. The van der Waals surface area contributed by atoms with Gasteiger partial charge in [0.25, 0.3) is 5.56 Å². The highest BCUT2D eigenvalue weighted by Crippen LogP contribution is 2.18. The first-order valence-electron chi connectivity index (χ1n) is 8.37. The second-order valence-electron chi connectivity index (χ2n) is 5.90. The minimum Gasteiger partial charge on any atom is -0.354 e. The number of rotatable bonds is 6. The van der Waals surface area contributed by atoms with Crippen LogP contribution in [0.5, 0.6) is 0 Å². The Morgan fingerprint density at radius 1 is 1.00 bits per heavy atom. The van der Waals surface area contributed by atoms with Crippen molar-refractivity contribution in [2.24, 2.45) is 0 Å². The van der Waals surface area contributed by atoms with Gasteiger partial charge in [-0.05, 0) is 29.8 Å². The van der Waals surface area contributed by atoms with Crippen molar-refractivity contribution in [2.45, 2.75) is 13.0 Å². The minimum atomic E-state index is -0.229. The molecule has 0 bridgehead atoms. The molecular formula is C20H17Cl2N3O2. The van der Waals surface area contributed by atoms with E-state index in [1.54, 1.807) is 24.3 Å². The fourth-order valence-corrected chi connectivity index (χ4v) is 2.89. The smallest absolute Gasteiger partial charge is 0.266 e. The summed E-state index contributed by atoms with van der Waals surface area (Å²) < 4.78 is 1.33. The third-order valence-corrected chi connectivity index (χ3v) is 4.58. The van der Waals surface area contributed by atoms with Crippen LogP contribution in [0.25, 0.3) is 11.3 Å². The second-order valence-corrected chi connectivity index (χ2v) is 6.75. The van der Waals surface area contributed by atoms with Gasteiger partial charge in [0.05, 0.1) is 18.7 Å². The standard InChI is InChI=1S/C20H17Cl2N3O2/c21-16-7-5-14(6-8-16)18-9-10-20(27)25(24-18)12-11-23-19(26)13-15-3-1-2-4-17(15)22/h1-10H,11-13H2,(H,23,26). The highest BCUT2D eigenvalue weighted by Gasteiger charge is 2.07. The molecule has 0 saturated carbocycles. The molecule has 1 aromatic heterocycles. The maximum absolute atomic E-state index is 12.1. The molecule has 1 amide bonds. The van der Waals surface area contributed by atoms with E-state index >= 15 is 0 Å². The Balaban J connectivity index is 1.61. The number of aromatic nitrogens is 2. The van der Waals surface area contributed by atoms with Gasteiger partial charge in [0, 0.05) is 28.2 Å². The number of amides is 1. The van der Waals surface area contributed by atoms with Gasteiger partial charge in [0.2, 0.25) is 5.91 Å². The number of carbonyl (C=O) groups is 1. The maximum Gasteiger partial charge on any atom is 0.266 e. The van der Waals surface area contributed by atoms with E-state index in [0.29, 0.717) is 22.3 Å². The van der Waals surface area contributed by atoms with Crippen LogP contribution in [0.3, 0.4) is 0 Å². The molecule has 138 valence electrons. The maximum atomic E-state index is 12.1. The number of hydrogen-bond acceptors (Lipinski definition) is 3. The van der Waals surface area contributed by atoms with Gasteiger partial charge in [-0.3, -0.25) is 9.59 Å². The van der Waals surface area contributed by atoms with Crippen LogP contribution in [0.2, 0.25) is 10.0 Å². The molecule has 0 unspecified atom stereocenters. The fourth-order valence-electron chi connectivity index (χ4n) is 2.56. The topological polar surface area (TPSA) is 64.0 Å². The van der Waals surface area contributed by atoms with Gasteiger partial charge in [-0.15, -0.1) is 0 Å². The molecule has 0 aliphatic heterocycles. The summed E-state index contributed by atoms with van der Waals surface area (Å²) in [6.07, 6.45) is 0.187. The minimum absolute atomic E-state index is 0.162. The summed E-state index contributed by atoms with van der Waals surface area (Å²) in [7, 11) is 0. The zero-order chi connectivity index (χ0) is 19.2. The molecule has 0 radical (unpaired) electrons. The van der Waals surface area contributed by atoms with E-state index in [-0.39, 0.29) is 24.4 Å². The van der Waals surface area contributed by atoms with Crippen molar-refractivity contribution >= 4 is 29.1 Å². The van der Waals surface area contributed by atoms with E-state index < -0.39 is 0 Å². The molecule has 0 atom stereocenters. The van der Waals surface area contributed by atoms with Crippen molar-refractivity contribution in [2.75, 3.05) is 6.54 Å². The molecule has 3 rings (SSSR count). The number of carbonyl (C=O) groups excluding carboxylic acids is 1. The van der Waals surface area contributed by atoms with Gasteiger partial charge in [-0.2, -0.15) is 5.10 Å². The summed E-state index contributed by atoms with van der Waals surface area (Å²) >= 11 is 12.0. The lowest BCUT2D eigenvalue weighted by Crippen LogP contribution is -2.32. The SMILES string of the molecule is O=C(Cc1ccccc1Cl)NCCn1nc(-c2ccc(Cl)cc2)ccc1=O. The summed E-state index contributed by atoms with van der Waals surface area (Å²) in [6.45, 7) is 0.564. The molecular weight excluding hydrogens is 385 g/mol. The molecule has 7 heteroatoms. The van der Waals surface area contributed by atoms with Crippen LogP contribution in [0, 0.1) is 0 Å². The van der Waals surface area contributed by atoms with Crippen LogP contribution in [0.15, 0.2) is 65.5 Å². The third-order valence-electron chi connectivity index (χ3n) is 3.96. The average Bonchev–Trinajstić information content (AvgIpc) is 2.66. The van der Waals surface area contributed by atoms with Crippen LogP contribution < -0.4 is 10.9 Å². The third kappa shape index (κ3) is 5.18. The van der Waals surface area contributed by atoms with E-state index in [0.717, 1.165) is 11.1 Å². The van der Waals surface area contributed by atoms with Crippen molar-refractivity contribution in [1.29, 1.82) is 0 Å². The van der Waals surface area contributed by atoms with Crippen LogP contribution in [0.1, 0.15) is 5.56 Å². The van der Waals surface area contributed by atoms with Gasteiger partial charge in [-0.1, -0.05) is 53.5 Å². The molecule has 27 heavy (non-hydrogen) atoms. The first kappa shape index (κ1) is 19.1. The molecule has 1 N–H and O–H groups in total. The van der Waals surface area contributed by atoms with Crippen LogP contribution in [-0.4, -0.2) is 22.2 Å². The Morgan fingerprint density at radius 3 is 2.48 bits per heavy atom. The van der Waals surface area contributed by atoms with E-state index in [2.05, 4.69) is 10.4 Å². The van der Waals surface area contributed by atoms with Gasteiger partial charge in [0.1, 0.15) is 0 Å². The molecule has 0 spiro atoms. The summed E-state index contributed by atoms with van der Waals surface area (Å²) in [5.41, 5.74) is 2.05. The largest absolute Gasteiger partial charge is 0.354 e. The Morgan fingerprint density at radius 2 is 1.74 bits per heavy atom. The lowest BCUT2D eigenvalue weighted by atomic mass is 10.1. The summed E-state index contributed by atoms with van der Waals surface area (Å²) in [5.74, 6) is -0.162. The highest BCUT2D eigenvalue weighted by molar-refractivity contribution is 6.31. The molecule has 3 aromatic rings. The summed E-state index contributed by atoms with van der Waals surface area (Å²) in [6, 6.07) is 17.5. The predicted octanol–water partition coefficient (Wildman–Crippen LogP) is 3.58. The van der Waals surface area contributed by atoms with E-state index in [1.165, 1.54) is 10.7 Å². The van der Waals surface area contributed by atoms with Crippen molar-refractivity contribution < 1.29 is 4.79 Å². The monoisotopic (exact) mass is 401 g/mol. The molecule has 0 aliphatic carbocycles. The van der Waals surface area contributed by atoms with Crippen LogP contribution in [-0.2, 0) is 17.8 Å². The zero-order valence-electron chi connectivity index (χ0n) is 14.4. The lowest BCUT2D eigenvalue weighted by Gasteiger charge is -2.09. The molecule has 2 aromatic carbocycles. The molecule has 5 nitrogen and oxygen atoms in total. The summed E-state index contributed by atoms with van der Waals surface area (Å²) in [5, 5.41) is 8.33. The average molecular weight is 402 g/mol. The molecule has 1 heterocycles. The zero-order valence-corrected chi connectivity index (χ0v) is 15.9. The van der Waals surface area contributed by atoms with Gasteiger partial charge in [-0.25, -0.2) is 4.68 Å². The van der Waals surface area contributed by atoms with E-state index in [1.807, 2.05) is 30.3 Å². The van der Waals surface area contributed by atoms with Crippen molar-refractivity contribution in [1.82, 2.24) is 15.1 Å². The molecule has 0 aliphatic rings. The Labute approximate surface area is 166 Å². The second kappa shape index (κ2) is 8.84. The van der Waals surface area contributed by atoms with Crippen molar-refractivity contribution in [3.8, 4) is 11.3 Å². The Hall–Kier alpha value is -2.63. The first-order valence-corrected chi connectivity index (χ1v) is 9.13. The van der Waals surface area contributed by atoms with Crippen LogP contribution in [0.4, 0.5) is 0 Å². The Bertz CT molecular complexity index is 1000. The highest BCUT2D eigenvalue weighted by atomic mass is 35.5. The molecule has 0 fully saturated rings. The summed E-state index contributed by atoms with van der Waals surface area (Å²) in [4.78, 5) is 24.1. The Kier molecular flexibility index (Phi) is 6.27. The van der Waals surface area contributed by atoms with E-state index in [4.69, 9.17) is 23.2 Å². The van der Waals surface area contributed by atoms with E-state index in [9.17, 15) is 9.59 Å². The van der Waals surface area contributed by atoms with Crippen LogP contribution >= 0.6 is 23.2 Å². The molecule has 0 saturated heterocycles. The normalized spacial score (nSPS) is 10.6. The number of benzene rings is 2. The number of nitrogens with zero attached hydrogens (tertiary/aromatic N) is 2. The number of halogens is 2. The quantitative estimate of drug-likeness (QED) is 0.686. The number of nitrogens with one attached hydrogen (secondary N) is 1. The fraction of sp³-hybridized carbons (Fsp3) is 0.150. The van der Waals surface area contributed by atoms with Gasteiger partial charge in [0.15, 0.2) is 0 Å². The predicted molar refractivity (Wildman–Crippen MR) is 107 cm³/mol. The van der Waals surface area contributed by atoms with Crippen molar-refractivity contribution in [3.63, 3.8) is 0 Å². The van der Waals surface area contributed by atoms with Gasteiger partial charge < -0.3 is 5.32 Å².